The molecule has 0 bridgehead atoms. The Balaban J connectivity index is 4.07. The number of ether oxygens (including phenoxy) is 2. The summed E-state index contributed by atoms with van der Waals surface area (Å²) in [4.78, 5) is 34.9. The Morgan fingerprint density at radius 3 is 1.44 bits per heavy atom. The first-order valence-electron chi connectivity index (χ1n) is 23.5. The molecule has 0 aromatic rings. The van der Waals surface area contributed by atoms with Crippen molar-refractivity contribution in [1.82, 2.24) is 0 Å². The number of hydrogen-bond acceptors (Lipinski definition) is 8. The molecule has 0 fully saturated rings. The Hall–Kier alpha value is -1.77. The molecule has 0 aliphatic carbocycles. The highest BCUT2D eigenvalue weighted by atomic mass is 31.2. The Morgan fingerprint density at radius 2 is 0.965 bits per heavy atom. The number of phosphoric ester groups is 1. The summed E-state index contributed by atoms with van der Waals surface area (Å²) < 4.78 is 32.8. The van der Waals surface area contributed by atoms with Crippen molar-refractivity contribution in [2.75, 3.05) is 26.4 Å². The molecule has 10 heteroatoms. The lowest BCUT2D eigenvalue weighted by Crippen LogP contribution is -2.29. The number of carbonyl (C=O) groups is 2. The summed E-state index contributed by atoms with van der Waals surface area (Å²) in [6, 6.07) is 0. The minimum Gasteiger partial charge on any atom is -0.462 e. The summed E-state index contributed by atoms with van der Waals surface area (Å²) in [6.45, 7) is 3.63. The summed E-state index contributed by atoms with van der Waals surface area (Å²) in [5.41, 5.74) is 5.35. The first-order chi connectivity index (χ1) is 27.8. The number of rotatable bonds is 44. The van der Waals surface area contributed by atoms with E-state index in [9.17, 15) is 19.0 Å². The predicted molar refractivity (Wildman–Crippen MR) is 238 cm³/mol. The fourth-order valence-corrected chi connectivity index (χ4v) is 7.36. The predicted octanol–water partition coefficient (Wildman–Crippen LogP) is 13.7. The van der Waals surface area contributed by atoms with Gasteiger partial charge in [-0.25, -0.2) is 4.57 Å². The summed E-state index contributed by atoms with van der Waals surface area (Å²) in [5, 5.41) is 0. The van der Waals surface area contributed by atoms with Crippen LogP contribution in [0.15, 0.2) is 36.5 Å². The molecule has 0 saturated carbocycles. The van der Waals surface area contributed by atoms with Crippen LogP contribution in [0.2, 0.25) is 0 Å². The lowest BCUT2D eigenvalue weighted by molar-refractivity contribution is -0.161. The van der Waals surface area contributed by atoms with Gasteiger partial charge in [0.05, 0.1) is 13.2 Å². The van der Waals surface area contributed by atoms with Crippen molar-refractivity contribution in [3.63, 3.8) is 0 Å². The number of carbonyl (C=O) groups excluding carboxylic acids is 2. The van der Waals surface area contributed by atoms with Crippen LogP contribution in [0.4, 0.5) is 0 Å². The van der Waals surface area contributed by atoms with Gasteiger partial charge in [0.2, 0.25) is 0 Å². The van der Waals surface area contributed by atoms with E-state index in [1.54, 1.807) is 0 Å². The summed E-state index contributed by atoms with van der Waals surface area (Å²) in [6.07, 6.45) is 48.9. The van der Waals surface area contributed by atoms with Crippen LogP contribution in [-0.4, -0.2) is 49.3 Å². The molecule has 0 radical (unpaired) electrons. The molecule has 57 heavy (non-hydrogen) atoms. The van der Waals surface area contributed by atoms with Crippen molar-refractivity contribution < 1.29 is 37.6 Å². The van der Waals surface area contributed by atoms with Crippen LogP contribution in [-0.2, 0) is 32.7 Å². The average molecular weight is 826 g/mol. The summed E-state index contributed by atoms with van der Waals surface area (Å²) >= 11 is 0. The third-order valence-electron chi connectivity index (χ3n) is 10.0. The molecular formula is C47H88NO8P. The molecule has 0 rings (SSSR count). The number of allylic oxidation sites excluding steroid dienone is 6. The second-order valence-electron chi connectivity index (χ2n) is 15.6. The van der Waals surface area contributed by atoms with Gasteiger partial charge in [-0.2, -0.15) is 0 Å². The summed E-state index contributed by atoms with van der Waals surface area (Å²) in [7, 11) is -4.38. The first-order valence-corrected chi connectivity index (χ1v) is 25.0. The van der Waals surface area contributed by atoms with Gasteiger partial charge in [0.15, 0.2) is 6.10 Å². The molecule has 0 spiro atoms. The zero-order chi connectivity index (χ0) is 41.8. The highest BCUT2D eigenvalue weighted by Crippen LogP contribution is 2.43. The highest BCUT2D eigenvalue weighted by Gasteiger charge is 2.26. The minimum absolute atomic E-state index is 0.0515. The van der Waals surface area contributed by atoms with E-state index in [4.69, 9.17) is 24.3 Å². The molecule has 334 valence electrons. The average Bonchev–Trinajstić information content (AvgIpc) is 3.20. The smallest absolute Gasteiger partial charge is 0.462 e. The molecule has 0 saturated heterocycles. The molecule has 2 unspecified atom stereocenters. The number of phosphoric acid groups is 1. The van der Waals surface area contributed by atoms with Crippen LogP contribution in [0.25, 0.3) is 0 Å². The first kappa shape index (κ1) is 55.2. The summed E-state index contributed by atoms with van der Waals surface area (Å²) in [5.74, 6) is -0.840. The van der Waals surface area contributed by atoms with Crippen LogP contribution in [0.5, 0.6) is 0 Å². The van der Waals surface area contributed by atoms with Crippen molar-refractivity contribution in [2.45, 2.75) is 225 Å². The minimum atomic E-state index is -4.38. The molecule has 0 aromatic heterocycles. The third kappa shape index (κ3) is 43.6. The van der Waals surface area contributed by atoms with E-state index in [1.807, 2.05) is 0 Å². The standard InChI is InChI=1S/C47H88NO8P/c1-3-5-7-9-11-13-15-17-19-20-21-22-23-24-26-28-30-32-34-36-38-40-47(50)56-45(44-55-57(51,52)54-42-41-48)43-53-46(49)39-37-35-33-31-29-27-25-18-16-14-12-10-8-6-4-2/h6,8,12,14,18,25,45H,3-5,7,9-11,13,15-17,19-24,26-44,48H2,1-2H3,(H,51,52). The van der Waals surface area contributed by atoms with Crippen LogP contribution < -0.4 is 5.73 Å². The zero-order valence-corrected chi connectivity index (χ0v) is 37.7. The second-order valence-corrected chi connectivity index (χ2v) is 17.1. The molecular weight excluding hydrogens is 737 g/mol. The normalized spacial score (nSPS) is 13.5. The van der Waals surface area contributed by atoms with E-state index in [2.05, 4.69) is 50.3 Å². The van der Waals surface area contributed by atoms with Crippen LogP contribution in [0, 0.1) is 0 Å². The van der Waals surface area contributed by atoms with E-state index >= 15 is 0 Å². The maximum absolute atomic E-state index is 12.6. The zero-order valence-electron chi connectivity index (χ0n) is 36.8. The van der Waals surface area contributed by atoms with Gasteiger partial charge in [-0.15, -0.1) is 0 Å². The lowest BCUT2D eigenvalue weighted by Gasteiger charge is -2.19. The third-order valence-corrected chi connectivity index (χ3v) is 11.0. The topological polar surface area (TPSA) is 134 Å². The molecule has 0 aromatic carbocycles. The van der Waals surface area contributed by atoms with Crippen molar-refractivity contribution in [3.8, 4) is 0 Å². The van der Waals surface area contributed by atoms with Gasteiger partial charge in [-0.05, 0) is 44.9 Å². The van der Waals surface area contributed by atoms with Gasteiger partial charge in [-0.3, -0.25) is 18.6 Å². The van der Waals surface area contributed by atoms with Crippen LogP contribution >= 0.6 is 7.82 Å². The Bertz CT molecular complexity index is 1030. The van der Waals surface area contributed by atoms with E-state index in [-0.39, 0.29) is 32.6 Å². The molecule has 3 N–H and O–H groups in total. The van der Waals surface area contributed by atoms with Gasteiger partial charge >= 0.3 is 19.8 Å². The Labute approximate surface area is 350 Å². The van der Waals surface area contributed by atoms with E-state index in [1.165, 1.54) is 116 Å². The quantitative estimate of drug-likeness (QED) is 0.0266. The SMILES string of the molecule is CCC=CCC=CCC=CCCCCCCCC(=O)OCC(COP(=O)(O)OCCN)OC(=O)CCCCCCCCCCCCCCCCCCCCCCC. The highest BCUT2D eigenvalue weighted by molar-refractivity contribution is 7.47. The molecule has 0 amide bonds. The van der Waals surface area contributed by atoms with Gasteiger partial charge in [-0.1, -0.05) is 198 Å². The van der Waals surface area contributed by atoms with E-state index in [0.717, 1.165) is 64.2 Å². The van der Waals surface area contributed by atoms with Crippen molar-refractivity contribution in [3.05, 3.63) is 36.5 Å². The largest absolute Gasteiger partial charge is 0.472 e. The maximum Gasteiger partial charge on any atom is 0.472 e. The molecule has 2 atom stereocenters. The van der Waals surface area contributed by atoms with E-state index < -0.39 is 32.5 Å². The molecule has 9 nitrogen and oxygen atoms in total. The fraction of sp³-hybridized carbons (Fsp3) is 0.830. The number of nitrogens with two attached hydrogens (primary N) is 1. The van der Waals surface area contributed by atoms with Crippen LogP contribution in [0.3, 0.4) is 0 Å². The van der Waals surface area contributed by atoms with Crippen LogP contribution in [0.1, 0.15) is 219 Å². The lowest BCUT2D eigenvalue weighted by atomic mass is 10.0. The van der Waals surface area contributed by atoms with Crippen molar-refractivity contribution in [2.24, 2.45) is 5.73 Å². The Morgan fingerprint density at radius 1 is 0.544 bits per heavy atom. The number of hydrogen-bond donors (Lipinski definition) is 2. The van der Waals surface area contributed by atoms with Crippen molar-refractivity contribution >= 4 is 19.8 Å². The molecule has 0 aliphatic heterocycles. The monoisotopic (exact) mass is 826 g/mol. The molecule has 0 aliphatic rings. The van der Waals surface area contributed by atoms with E-state index in [0.29, 0.717) is 12.8 Å². The number of esters is 2. The Kier molecular flexibility index (Phi) is 42.4. The van der Waals surface area contributed by atoms with Gasteiger partial charge in [0.25, 0.3) is 0 Å². The van der Waals surface area contributed by atoms with Gasteiger partial charge in [0.1, 0.15) is 6.61 Å². The molecule has 0 heterocycles. The van der Waals surface area contributed by atoms with Gasteiger partial charge < -0.3 is 20.1 Å². The number of unbranched alkanes of at least 4 members (excludes halogenated alkanes) is 25. The van der Waals surface area contributed by atoms with Crippen molar-refractivity contribution in [1.29, 1.82) is 0 Å². The van der Waals surface area contributed by atoms with Gasteiger partial charge in [0, 0.05) is 19.4 Å². The second kappa shape index (κ2) is 43.8. The fourth-order valence-electron chi connectivity index (χ4n) is 6.59. The maximum atomic E-state index is 12.6.